The Hall–Kier alpha value is -2.54. The van der Waals surface area contributed by atoms with E-state index in [9.17, 15) is 13.6 Å². The van der Waals surface area contributed by atoms with Crippen molar-refractivity contribution >= 4 is 23.4 Å². The fourth-order valence-electron chi connectivity index (χ4n) is 2.90. The fourth-order valence-corrected chi connectivity index (χ4v) is 3.17. The van der Waals surface area contributed by atoms with Crippen LogP contribution in [0.15, 0.2) is 60.7 Å². The van der Waals surface area contributed by atoms with Gasteiger partial charge < -0.3 is 14.8 Å². The maximum atomic E-state index is 14.2. The largest absolute Gasteiger partial charge is 0.452 e. The van der Waals surface area contributed by atoms with Crippen molar-refractivity contribution in [3.8, 4) is 5.75 Å². The van der Waals surface area contributed by atoms with Crippen LogP contribution in [0.25, 0.3) is 0 Å². The molecule has 1 aliphatic carbocycles. The van der Waals surface area contributed by atoms with E-state index < -0.39 is 24.4 Å². The summed E-state index contributed by atoms with van der Waals surface area (Å²) < 4.78 is 39.1. The number of thiocarbonyl (C=S) groups is 1. The molecule has 0 radical (unpaired) electrons. The number of nitrogens with one attached hydrogen (secondary N) is 1. The van der Waals surface area contributed by atoms with E-state index in [-0.39, 0.29) is 29.6 Å². The maximum Gasteiger partial charge on any atom is 0.338 e. The zero-order valence-electron chi connectivity index (χ0n) is 14.4. The van der Waals surface area contributed by atoms with E-state index in [1.54, 1.807) is 42.5 Å². The van der Waals surface area contributed by atoms with Gasteiger partial charge in [0.2, 0.25) is 0 Å². The van der Waals surface area contributed by atoms with E-state index in [1.807, 2.05) is 6.07 Å². The summed E-state index contributed by atoms with van der Waals surface area (Å²) in [4.78, 5) is 12.1. The first-order valence-electron chi connectivity index (χ1n) is 8.61. The Morgan fingerprint density at radius 1 is 1.07 bits per heavy atom. The van der Waals surface area contributed by atoms with Crippen LogP contribution in [0.5, 0.6) is 5.75 Å². The van der Waals surface area contributed by atoms with E-state index in [0.717, 1.165) is 0 Å². The van der Waals surface area contributed by atoms with Gasteiger partial charge in [0.1, 0.15) is 5.75 Å². The summed E-state index contributed by atoms with van der Waals surface area (Å²) in [5, 5.41) is 3.03. The van der Waals surface area contributed by atoms with Crippen LogP contribution in [0.4, 0.5) is 8.78 Å². The van der Waals surface area contributed by atoms with Crippen LogP contribution in [0.3, 0.4) is 0 Å². The molecule has 4 nitrogen and oxygen atoms in total. The van der Waals surface area contributed by atoms with Crippen molar-refractivity contribution in [2.24, 2.45) is 0 Å². The molecule has 0 aliphatic heterocycles. The number of ether oxygens (including phenoxy) is 2. The minimum atomic E-state index is -3.08. The molecule has 142 valence electrons. The maximum absolute atomic E-state index is 14.2. The molecular weight excluding hydrogens is 372 g/mol. The van der Waals surface area contributed by atoms with E-state index in [4.69, 9.17) is 21.7 Å². The Bertz CT molecular complexity index is 786. The summed E-state index contributed by atoms with van der Waals surface area (Å²) in [6.45, 7) is 0. The van der Waals surface area contributed by atoms with Gasteiger partial charge in [0.05, 0.1) is 5.56 Å². The third-order valence-electron chi connectivity index (χ3n) is 4.33. The van der Waals surface area contributed by atoms with Crippen LogP contribution >= 0.6 is 12.2 Å². The van der Waals surface area contributed by atoms with Gasteiger partial charge in [-0.25, -0.2) is 13.6 Å². The lowest BCUT2D eigenvalue weighted by atomic mass is 9.89. The molecule has 0 amide bonds. The number of benzene rings is 2. The molecule has 2 aromatic rings. The fraction of sp³-hybridized carbons (Fsp3) is 0.300. The zero-order chi connectivity index (χ0) is 19.3. The van der Waals surface area contributed by atoms with Crippen molar-refractivity contribution in [1.82, 2.24) is 5.32 Å². The van der Waals surface area contributed by atoms with Gasteiger partial charge in [-0.3, -0.25) is 0 Å². The number of alkyl halides is 2. The minimum Gasteiger partial charge on any atom is -0.452 e. The Morgan fingerprint density at radius 2 is 1.70 bits per heavy atom. The van der Waals surface area contributed by atoms with E-state index in [1.165, 1.54) is 12.1 Å². The highest BCUT2D eigenvalue weighted by Crippen LogP contribution is 2.36. The van der Waals surface area contributed by atoms with E-state index in [2.05, 4.69) is 5.32 Å². The highest BCUT2D eigenvalue weighted by atomic mass is 32.1. The highest BCUT2D eigenvalue weighted by molar-refractivity contribution is 7.80. The third-order valence-corrected chi connectivity index (χ3v) is 4.53. The molecule has 1 saturated carbocycles. The molecule has 1 N–H and O–H groups in total. The number of esters is 1. The van der Waals surface area contributed by atoms with Gasteiger partial charge in [0, 0.05) is 18.9 Å². The van der Waals surface area contributed by atoms with Gasteiger partial charge in [-0.1, -0.05) is 36.4 Å². The molecule has 0 aromatic heterocycles. The van der Waals surface area contributed by atoms with Gasteiger partial charge in [-0.2, -0.15) is 0 Å². The number of rotatable bonds is 4. The molecule has 2 unspecified atom stereocenters. The number of para-hydroxylation sites is 1. The van der Waals surface area contributed by atoms with Crippen molar-refractivity contribution in [1.29, 1.82) is 0 Å². The Kier molecular flexibility index (Phi) is 6.01. The van der Waals surface area contributed by atoms with Gasteiger partial charge >= 0.3 is 5.97 Å². The molecule has 0 spiro atoms. The van der Waals surface area contributed by atoms with Crippen LogP contribution in [0.1, 0.15) is 29.6 Å². The first-order valence-corrected chi connectivity index (χ1v) is 9.02. The van der Waals surface area contributed by atoms with Crippen molar-refractivity contribution in [2.45, 2.75) is 37.3 Å². The molecule has 0 bridgehead atoms. The summed E-state index contributed by atoms with van der Waals surface area (Å²) in [5.41, 5.74) is 0.242. The van der Waals surface area contributed by atoms with Gasteiger partial charge in [0.15, 0.2) is 6.10 Å². The second-order valence-electron chi connectivity index (χ2n) is 6.34. The van der Waals surface area contributed by atoms with Gasteiger partial charge in [-0.15, -0.1) is 0 Å². The predicted octanol–water partition coefficient (Wildman–Crippen LogP) is 4.35. The number of hydrogen-bond donors (Lipinski definition) is 1. The van der Waals surface area contributed by atoms with Crippen LogP contribution in [-0.2, 0) is 4.74 Å². The van der Waals surface area contributed by atoms with Crippen molar-refractivity contribution in [3.05, 3.63) is 66.2 Å². The standard InChI is InChI=1S/C20H19F2NO3S/c21-20(22)12-11-15(23-19(27)25-16-9-5-2-6-10-16)13-17(20)26-18(24)14-7-3-1-4-8-14/h1-10,15,17H,11-13H2,(H,23,27). The van der Waals surface area contributed by atoms with Crippen LogP contribution < -0.4 is 10.1 Å². The quantitative estimate of drug-likeness (QED) is 0.620. The molecule has 2 atom stereocenters. The minimum absolute atomic E-state index is 0.0517. The number of hydrogen-bond acceptors (Lipinski definition) is 4. The monoisotopic (exact) mass is 391 g/mol. The van der Waals surface area contributed by atoms with Gasteiger partial charge in [-0.05, 0) is 42.9 Å². The smallest absolute Gasteiger partial charge is 0.338 e. The summed E-state index contributed by atoms with van der Waals surface area (Å²) in [7, 11) is 0. The first-order chi connectivity index (χ1) is 12.9. The Labute approximate surface area is 161 Å². The van der Waals surface area contributed by atoms with Crippen molar-refractivity contribution in [2.75, 3.05) is 0 Å². The molecule has 0 saturated heterocycles. The normalized spacial score (nSPS) is 21.1. The molecule has 7 heteroatoms. The van der Waals surface area contributed by atoms with Crippen LogP contribution in [-0.4, -0.2) is 29.2 Å². The summed E-state index contributed by atoms with van der Waals surface area (Å²) in [6, 6.07) is 16.7. The molecule has 0 heterocycles. The Balaban J connectivity index is 1.59. The van der Waals surface area contributed by atoms with Crippen molar-refractivity contribution < 1.29 is 23.0 Å². The average molecular weight is 391 g/mol. The van der Waals surface area contributed by atoms with Crippen LogP contribution in [0.2, 0.25) is 0 Å². The van der Waals surface area contributed by atoms with E-state index in [0.29, 0.717) is 5.75 Å². The van der Waals surface area contributed by atoms with E-state index >= 15 is 0 Å². The third kappa shape index (κ3) is 5.23. The van der Waals surface area contributed by atoms with Gasteiger partial charge in [0.25, 0.3) is 11.1 Å². The number of carbonyl (C=O) groups is 1. The second kappa shape index (κ2) is 8.43. The lowest BCUT2D eigenvalue weighted by molar-refractivity contribution is -0.140. The number of carbonyl (C=O) groups excluding carboxylic acids is 1. The number of halogens is 2. The molecular formula is C20H19F2NO3S. The van der Waals surface area contributed by atoms with Crippen LogP contribution in [0, 0.1) is 0 Å². The molecule has 3 rings (SSSR count). The molecule has 1 aliphatic rings. The predicted molar refractivity (Wildman–Crippen MR) is 101 cm³/mol. The summed E-state index contributed by atoms with van der Waals surface area (Å²) in [6.07, 6.45) is -1.77. The first kappa shape index (κ1) is 19.2. The zero-order valence-corrected chi connectivity index (χ0v) is 15.3. The Morgan fingerprint density at radius 3 is 2.37 bits per heavy atom. The lowest BCUT2D eigenvalue weighted by Crippen LogP contribution is -2.50. The topological polar surface area (TPSA) is 47.6 Å². The van der Waals surface area contributed by atoms with Crippen molar-refractivity contribution in [3.63, 3.8) is 0 Å². The summed E-state index contributed by atoms with van der Waals surface area (Å²) in [5.74, 6) is -3.28. The SMILES string of the molecule is O=C(OC1CC(NC(=S)Oc2ccccc2)CCC1(F)F)c1ccccc1. The summed E-state index contributed by atoms with van der Waals surface area (Å²) >= 11 is 5.15. The molecule has 2 aromatic carbocycles. The highest BCUT2D eigenvalue weighted by Gasteiger charge is 2.47. The average Bonchev–Trinajstić information content (AvgIpc) is 2.66. The second-order valence-corrected chi connectivity index (χ2v) is 6.71. The molecule has 27 heavy (non-hydrogen) atoms. The lowest BCUT2D eigenvalue weighted by Gasteiger charge is -2.35. The molecule has 1 fully saturated rings.